The number of pyridine rings is 1. The van der Waals surface area contributed by atoms with Crippen molar-refractivity contribution in [2.75, 3.05) is 26.1 Å². The van der Waals surface area contributed by atoms with Crippen LogP contribution in [0.3, 0.4) is 0 Å². The second-order valence-corrected chi connectivity index (χ2v) is 10.2. The summed E-state index contributed by atoms with van der Waals surface area (Å²) in [6, 6.07) is 10.1. The maximum Gasteiger partial charge on any atom is 0.243 e. The van der Waals surface area contributed by atoms with Gasteiger partial charge in [-0.05, 0) is 37.6 Å². The van der Waals surface area contributed by atoms with Crippen molar-refractivity contribution in [2.24, 2.45) is 0 Å². The van der Waals surface area contributed by atoms with Gasteiger partial charge in [0.15, 0.2) is 11.6 Å². The van der Waals surface area contributed by atoms with Crippen LogP contribution in [-0.4, -0.2) is 69.8 Å². The molecular formula is C24H27N7O6S. The van der Waals surface area contributed by atoms with Crippen LogP contribution in [0, 0.1) is 6.92 Å². The summed E-state index contributed by atoms with van der Waals surface area (Å²) in [4.78, 5) is 12.5. The number of nitrogens with zero attached hydrogens (tertiary/aromatic N) is 6. The summed E-state index contributed by atoms with van der Waals surface area (Å²) >= 11 is 0. The minimum Gasteiger partial charge on any atom is -0.494 e. The molecule has 0 saturated heterocycles. The number of ether oxygens (including phenoxy) is 3. The van der Waals surface area contributed by atoms with Gasteiger partial charge in [-0.1, -0.05) is 12.1 Å². The molecule has 0 aliphatic rings. The van der Waals surface area contributed by atoms with Crippen LogP contribution in [0.5, 0.6) is 17.4 Å². The van der Waals surface area contributed by atoms with Crippen LogP contribution in [0.15, 0.2) is 48.8 Å². The lowest BCUT2D eigenvalue weighted by molar-refractivity contribution is 0.166. The fourth-order valence-electron chi connectivity index (χ4n) is 3.59. The van der Waals surface area contributed by atoms with Crippen LogP contribution in [0.25, 0.3) is 17.2 Å². The van der Waals surface area contributed by atoms with Gasteiger partial charge in [0.05, 0.1) is 21.3 Å². The first kappa shape index (κ1) is 26.8. The van der Waals surface area contributed by atoms with Crippen LogP contribution in [0.4, 0.5) is 5.95 Å². The SMILES string of the molecule is COc1cccc(-c2nnc(NS(=O)(=O)C(C)C(O)c3ncc(C)cn3)n2-c2c(OC)cccc2OC)n1. The van der Waals surface area contributed by atoms with Crippen molar-refractivity contribution in [3.05, 3.63) is 60.2 Å². The normalized spacial score (nSPS) is 13.0. The van der Waals surface area contributed by atoms with E-state index in [0.29, 0.717) is 28.8 Å². The van der Waals surface area contributed by atoms with Gasteiger partial charge in [-0.25, -0.2) is 23.4 Å². The minimum absolute atomic E-state index is 0.0254. The number of nitrogens with one attached hydrogen (secondary N) is 1. The number of anilines is 1. The van der Waals surface area contributed by atoms with Gasteiger partial charge in [0, 0.05) is 18.5 Å². The molecule has 0 fully saturated rings. The predicted octanol–water partition coefficient (Wildman–Crippen LogP) is 2.32. The van der Waals surface area contributed by atoms with Crippen molar-refractivity contribution >= 4 is 16.0 Å². The van der Waals surface area contributed by atoms with E-state index in [0.717, 1.165) is 5.56 Å². The molecule has 0 spiro atoms. The van der Waals surface area contributed by atoms with Gasteiger partial charge < -0.3 is 19.3 Å². The number of methoxy groups -OCH3 is 3. The quantitative estimate of drug-likeness (QED) is 0.303. The average Bonchev–Trinajstić information content (AvgIpc) is 3.34. The lowest BCUT2D eigenvalue weighted by atomic mass is 10.2. The number of aliphatic hydroxyl groups is 1. The fourth-order valence-corrected chi connectivity index (χ4v) is 4.62. The molecule has 3 heterocycles. The summed E-state index contributed by atoms with van der Waals surface area (Å²) in [6.07, 6.45) is 1.48. The Hall–Kier alpha value is -4.30. The van der Waals surface area contributed by atoms with E-state index in [1.54, 1.807) is 43.3 Å². The Morgan fingerprint density at radius 1 is 0.947 bits per heavy atom. The molecule has 38 heavy (non-hydrogen) atoms. The molecule has 3 aromatic heterocycles. The molecule has 0 radical (unpaired) electrons. The van der Waals surface area contributed by atoms with Gasteiger partial charge in [-0.3, -0.25) is 9.29 Å². The summed E-state index contributed by atoms with van der Waals surface area (Å²) in [5.41, 5.74) is 1.44. The zero-order chi connectivity index (χ0) is 27.4. The number of sulfonamides is 1. The molecule has 2 N–H and O–H groups in total. The van der Waals surface area contributed by atoms with E-state index in [4.69, 9.17) is 14.2 Å². The lowest BCUT2D eigenvalue weighted by Crippen LogP contribution is -2.32. The van der Waals surface area contributed by atoms with E-state index in [1.165, 1.54) is 45.2 Å². The number of hydrogen-bond donors (Lipinski definition) is 2. The third-order valence-corrected chi connectivity index (χ3v) is 7.39. The molecular weight excluding hydrogens is 514 g/mol. The molecule has 200 valence electrons. The monoisotopic (exact) mass is 541 g/mol. The number of aliphatic hydroxyl groups excluding tert-OH is 1. The Kier molecular flexibility index (Phi) is 7.73. The molecule has 4 rings (SSSR count). The Bertz CT molecular complexity index is 1500. The number of aromatic nitrogens is 6. The molecule has 0 amide bonds. The van der Waals surface area contributed by atoms with Crippen LogP contribution >= 0.6 is 0 Å². The molecule has 4 aromatic rings. The summed E-state index contributed by atoms with van der Waals surface area (Å²) in [7, 11) is 0.160. The maximum absolute atomic E-state index is 13.4. The first-order valence-corrected chi connectivity index (χ1v) is 12.9. The molecule has 0 aliphatic carbocycles. The molecule has 1 aromatic carbocycles. The minimum atomic E-state index is -4.25. The van der Waals surface area contributed by atoms with Gasteiger partial charge in [0.2, 0.25) is 21.9 Å². The Labute approximate surface area is 219 Å². The van der Waals surface area contributed by atoms with Gasteiger partial charge in [0.25, 0.3) is 0 Å². The summed E-state index contributed by atoms with van der Waals surface area (Å²) < 4.78 is 47.0. The smallest absolute Gasteiger partial charge is 0.243 e. The highest BCUT2D eigenvalue weighted by atomic mass is 32.2. The number of para-hydroxylation sites is 1. The van der Waals surface area contributed by atoms with Gasteiger partial charge in [0.1, 0.15) is 34.2 Å². The van der Waals surface area contributed by atoms with Crippen molar-refractivity contribution in [2.45, 2.75) is 25.2 Å². The van der Waals surface area contributed by atoms with Crippen LogP contribution < -0.4 is 18.9 Å². The number of benzene rings is 1. The van der Waals surface area contributed by atoms with Gasteiger partial charge >= 0.3 is 0 Å². The molecule has 2 unspecified atom stereocenters. The first-order valence-electron chi connectivity index (χ1n) is 11.4. The largest absolute Gasteiger partial charge is 0.494 e. The van der Waals surface area contributed by atoms with Crippen molar-refractivity contribution in [3.63, 3.8) is 0 Å². The van der Waals surface area contributed by atoms with Crippen molar-refractivity contribution in [1.82, 2.24) is 29.7 Å². The summed E-state index contributed by atoms with van der Waals surface area (Å²) in [6.45, 7) is 3.12. The van der Waals surface area contributed by atoms with E-state index in [9.17, 15) is 13.5 Å². The fraction of sp³-hybridized carbons (Fsp3) is 0.292. The maximum atomic E-state index is 13.4. The van der Waals surface area contributed by atoms with Crippen LogP contribution in [-0.2, 0) is 10.0 Å². The second kappa shape index (κ2) is 11.0. The number of hydrogen-bond acceptors (Lipinski definition) is 11. The highest BCUT2D eigenvalue weighted by molar-refractivity contribution is 7.93. The average molecular weight is 542 g/mol. The van der Waals surface area contributed by atoms with Crippen molar-refractivity contribution in [1.29, 1.82) is 0 Å². The third-order valence-electron chi connectivity index (χ3n) is 5.68. The molecule has 0 bridgehead atoms. The van der Waals surface area contributed by atoms with Gasteiger partial charge in [-0.15, -0.1) is 10.2 Å². The van der Waals surface area contributed by atoms with E-state index in [-0.39, 0.29) is 17.6 Å². The topological polar surface area (TPSA) is 163 Å². The predicted molar refractivity (Wildman–Crippen MR) is 138 cm³/mol. The molecule has 2 atom stereocenters. The number of rotatable bonds is 10. The van der Waals surface area contributed by atoms with Crippen LogP contribution in [0.1, 0.15) is 24.4 Å². The zero-order valence-corrected chi connectivity index (χ0v) is 22.2. The van der Waals surface area contributed by atoms with Crippen molar-refractivity contribution in [3.8, 4) is 34.6 Å². The number of aryl methyl sites for hydroxylation is 1. The molecule has 14 heteroatoms. The van der Waals surface area contributed by atoms with Crippen molar-refractivity contribution < 1.29 is 27.7 Å². The second-order valence-electron chi connectivity index (χ2n) is 8.17. The van der Waals surface area contributed by atoms with Crippen LogP contribution in [0.2, 0.25) is 0 Å². The lowest BCUT2D eigenvalue weighted by Gasteiger charge is -2.20. The Morgan fingerprint density at radius 3 is 2.18 bits per heavy atom. The van der Waals surface area contributed by atoms with Gasteiger partial charge in [-0.2, -0.15) is 0 Å². The zero-order valence-electron chi connectivity index (χ0n) is 21.4. The van der Waals surface area contributed by atoms with E-state index >= 15 is 0 Å². The molecule has 0 saturated carbocycles. The van der Waals surface area contributed by atoms with E-state index in [1.807, 2.05) is 0 Å². The first-order chi connectivity index (χ1) is 18.2. The molecule has 0 aliphatic heterocycles. The highest BCUT2D eigenvalue weighted by Crippen LogP contribution is 2.38. The summed E-state index contributed by atoms with van der Waals surface area (Å²) in [5.74, 6) is 1.00. The van der Waals surface area contributed by atoms with E-state index in [2.05, 4.69) is 29.9 Å². The highest BCUT2D eigenvalue weighted by Gasteiger charge is 2.34. The van der Waals surface area contributed by atoms with E-state index < -0.39 is 21.4 Å². The Morgan fingerprint density at radius 2 is 1.58 bits per heavy atom. The Balaban J connectivity index is 1.84. The molecule has 13 nitrogen and oxygen atoms in total. The third kappa shape index (κ3) is 5.21. The standard InChI is InChI=1S/C24H27N7O6S/c1-14-12-25-22(26-13-14)21(32)15(2)38(33,34)30-24-29-28-23(16-8-6-11-19(27-16)37-5)31(24)20-17(35-3)9-7-10-18(20)36-4/h6-13,15,21,32H,1-5H3,(H,29,30). The summed E-state index contributed by atoms with van der Waals surface area (Å²) in [5, 5.41) is 17.7.